The number of hydrogen-bond acceptors (Lipinski definition) is 17. The van der Waals surface area contributed by atoms with Gasteiger partial charge in [-0.25, -0.2) is 4.79 Å². The van der Waals surface area contributed by atoms with Crippen LogP contribution in [0.15, 0.2) is 48.5 Å². The van der Waals surface area contributed by atoms with E-state index in [9.17, 15) is 55.5 Å². The highest BCUT2D eigenvalue weighted by Crippen LogP contribution is 2.28. The molecule has 2 aromatic carbocycles. The first-order valence-corrected chi connectivity index (χ1v) is 16.3. The lowest BCUT2D eigenvalue weighted by molar-refractivity contribution is -0.277. The van der Waals surface area contributed by atoms with Crippen molar-refractivity contribution in [3.05, 3.63) is 59.7 Å². The normalized spacial score (nSPS) is 30.7. The molecule has 284 valence electrons. The van der Waals surface area contributed by atoms with Gasteiger partial charge in [0.15, 0.2) is 5.60 Å². The third kappa shape index (κ3) is 10.3. The van der Waals surface area contributed by atoms with Crippen molar-refractivity contribution in [3.63, 3.8) is 0 Å². The van der Waals surface area contributed by atoms with E-state index in [-0.39, 0.29) is 37.1 Å². The summed E-state index contributed by atoms with van der Waals surface area (Å²) >= 11 is 0. The minimum absolute atomic E-state index is 0.100. The molecule has 0 saturated carbocycles. The number of carbonyl (C=O) groups excluding carboxylic acids is 2. The van der Waals surface area contributed by atoms with E-state index >= 15 is 0 Å². The van der Waals surface area contributed by atoms with Crippen molar-refractivity contribution in [1.29, 1.82) is 0 Å². The topological polar surface area (TPSA) is 272 Å². The average molecular weight is 727 g/mol. The van der Waals surface area contributed by atoms with Crippen LogP contribution in [0.25, 0.3) is 0 Å². The van der Waals surface area contributed by atoms with E-state index in [2.05, 4.69) is 0 Å². The Labute approximate surface area is 293 Å². The van der Waals surface area contributed by atoms with Gasteiger partial charge in [0, 0.05) is 0 Å². The van der Waals surface area contributed by atoms with E-state index in [1.807, 2.05) is 0 Å². The Hall–Kier alpha value is -3.46. The molecule has 0 bridgehead atoms. The molecule has 2 saturated heterocycles. The monoisotopic (exact) mass is 726 g/mol. The van der Waals surface area contributed by atoms with Crippen LogP contribution in [0.1, 0.15) is 37.8 Å². The number of ether oxygens (including phenoxy) is 6. The maximum absolute atomic E-state index is 13.1. The van der Waals surface area contributed by atoms with Gasteiger partial charge in [-0.1, -0.05) is 38.1 Å². The fourth-order valence-electron chi connectivity index (χ4n) is 5.57. The van der Waals surface area contributed by atoms with Crippen LogP contribution in [-0.4, -0.2) is 138 Å². The highest BCUT2D eigenvalue weighted by Gasteiger charge is 2.46. The van der Waals surface area contributed by atoms with E-state index in [0.717, 1.165) is 0 Å². The molecule has 0 radical (unpaired) electrons. The van der Waals surface area contributed by atoms with Gasteiger partial charge >= 0.3 is 11.9 Å². The molecule has 4 rings (SSSR count). The smallest absolute Gasteiger partial charge is 0.339 e. The van der Waals surface area contributed by atoms with Crippen molar-refractivity contribution >= 4 is 11.9 Å². The quantitative estimate of drug-likeness (QED) is 0.0898. The summed E-state index contributed by atoms with van der Waals surface area (Å²) in [6.07, 6.45) is -15.3. The number of benzene rings is 2. The van der Waals surface area contributed by atoms with Crippen LogP contribution >= 0.6 is 0 Å². The first-order valence-electron chi connectivity index (χ1n) is 16.3. The first-order chi connectivity index (χ1) is 24.1. The second-order valence-corrected chi connectivity index (χ2v) is 13.0. The number of aliphatic hydroxyl groups is 9. The molecule has 17 nitrogen and oxygen atoms in total. The van der Waals surface area contributed by atoms with Crippen LogP contribution in [0.2, 0.25) is 0 Å². The highest BCUT2D eigenvalue weighted by atomic mass is 16.7. The molecule has 51 heavy (non-hydrogen) atoms. The molecule has 11 unspecified atom stereocenters. The summed E-state index contributed by atoms with van der Waals surface area (Å²) in [6.45, 7) is 1.80. The lowest BCUT2D eigenvalue weighted by atomic mass is 9.89. The molecule has 9 N–H and O–H groups in total. The largest absolute Gasteiger partial charge is 0.462 e. The first kappa shape index (κ1) is 40.3. The molecule has 11 atom stereocenters. The summed E-state index contributed by atoms with van der Waals surface area (Å²) in [6, 6.07) is 12.0. The van der Waals surface area contributed by atoms with Gasteiger partial charge < -0.3 is 74.4 Å². The van der Waals surface area contributed by atoms with Gasteiger partial charge in [-0.05, 0) is 47.7 Å². The molecule has 2 fully saturated rings. The summed E-state index contributed by atoms with van der Waals surface area (Å²) in [4.78, 5) is 25.8. The fourth-order valence-corrected chi connectivity index (χ4v) is 5.57. The van der Waals surface area contributed by atoms with E-state index in [4.69, 9.17) is 28.4 Å². The summed E-state index contributed by atoms with van der Waals surface area (Å²) in [7, 11) is 0. The third-order valence-electron chi connectivity index (χ3n) is 8.38. The zero-order valence-corrected chi connectivity index (χ0v) is 28.0. The van der Waals surface area contributed by atoms with Crippen LogP contribution < -0.4 is 9.47 Å². The van der Waals surface area contributed by atoms with Crippen molar-refractivity contribution in [2.45, 2.75) is 107 Å². The predicted octanol–water partition coefficient (Wildman–Crippen LogP) is -2.00. The van der Waals surface area contributed by atoms with Gasteiger partial charge in [0.1, 0.15) is 73.5 Å². The molecule has 2 aromatic rings. The van der Waals surface area contributed by atoms with Crippen molar-refractivity contribution < 1.29 is 84.0 Å². The molecule has 2 heterocycles. The minimum atomic E-state index is -2.19. The second-order valence-electron chi connectivity index (χ2n) is 13.0. The molecular weight excluding hydrogens is 680 g/mol. The number of hydrogen-bond donors (Lipinski definition) is 9. The SMILES string of the molecule is CC(C)CC(O)(CC(=O)OCc1ccc(OC2OC(CO)C(O)C(O)C2O)cc1)C(=O)OCc1ccc(OC2OC(CO)C(O)C(O)C2O)cc1. The Morgan fingerprint density at radius 2 is 1.08 bits per heavy atom. The van der Waals surface area contributed by atoms with E-state index in [0.29, 0.717) is 11.1 Å². The lowest BCUT2D eigenvalue weighted by Crippen LogP contribution is -2.60. The van der Waals surface area contributed by atoms with Gasteiger partial charge in [0.05, 0.1) is 19.6 Å². The van der Waals surface area contributed by atoms with Crippen LogP contribution in [0.3, 0.4) is 0 Å². The Morgan fingerprint density at radius 1 is 0.667 bits per heavy atom. The summed E-state index contributed by atoms with van der Waals surface area (Å²) in [5.41, 5.74) is -1.20. The number of aliphatic hydroxyl groups excluding tert-OH is 8. The van der Waals surface area contributed by atoms with Gasteiger partial charge in [0.2, 0.25) is 12.6 Å². The van der Waals surface area contributed by atoms with Gasteiger partial charge in [-0.3, -0.25) is 4.79 Å². The van der Waals surface area contributed by atoms with E-state index in [1.165, 1.54) is 36.4 Å². The van der Waals surface area contributed by atoms with Crippen molar-refractivity contribution in [3.8, 4) is 11.5 Å². The van der Waals surface area contributed by atoms with Crippen molar-refractivity contribution in [2.75, 3.05) is 13.2 Å². The molecular formula is C34H46O17. The minimum Gasteiger partial charge on any atom is -0.462 e. The zero-order valence-electron chi connectivity index (χ0n) is 28.0. The molecule has 0 spiro atoms. The molecule has 0 amide bonds. The van der Waals surface area contributed by atoms with Gasteiger partial charge in [-0.15, -0.1) is 0 Å². The van der Waals surface area contributed by atoms with E-state index in [1.54, 1.807) is 26.0 Å². The fraction of sp³-hybridized carbons (Fsp3) is 0.588. The third-order valence-corrected chi connectivity index (χ3v) is 8.38. The van der Waals surface area contributed by atoms with Crippen molar-refractivity contribution in [1.82, 2.24) is 0 Å². The van der Waals surface area contributed by atoms with Crippen LogP contribution in [-0.2, 0) is 41.8 Å². The highest BCUT2D eigenvalue weighted by molar-refractivity contribution is 5.85. The standard InChI is InChI=1S/C34H46O17/c1-17(2)11-34(45,33(44)47-16-19-5-9-21(10-6-19)49-32-30(43)28(41)26(39)23(14-36)51-32)12-24(37)46-15-18-3-7-20(8-4-18)48-31-29(42)27(40)25(38)22(13-35)50-31/h3-10,17,22-23,25-32,35-36,38-43,45H,11-16H2,1-2H3. The molecule has 0 aromatic heterocycles. The van der Waals surface area contributed by atoms with Gasteiger partial charge in [-0.2, -0.15) is 0 Å². The molecule has 17 heteroatoms. The van der Waals surface area contributed by atoms with Crippen molar-refractivity contribution in [2.24, 2.45) is 5.92 Å². The Morgan fingerprint density at radius 3 is 1.47 bits per heavy atom. The number of rotatable bonds is 15. The second kappa shape index (κ2) is 17.8. The summed E-state index contributed by atoms with van der Waals surface area (Å²) < 4.78 is 32.4. The van der Waals surface area contributed by atoms with E-state index < -0.39 is 98.6 Å². The summed E-state index contributed by atoms with van der Waals surface area (Å²) in [5.74, 6) is -1.70. The van der Waals surface area contributed by atoms with Crippen LogP contribution in [0.5, 0.6) is 11.5 Å². The number of carbonyl (C=O) groups is 2. The summed E-state index contributed by atoms with van der Waals surface area (Å²) in [5, 5.41) is 90.0. The lowest BCUT2D eigenvalue weighted by Gasteiger charge is -2.39. The van der Waals surface area contributed by atoms with Gasteiger partial charge in [0.25, 0.3) is 0 Å². The Kier molecular flexibility index (Phi) is 14.1. The Balaban J connectivity index is 1.27. The maximum atomic E-state index is 13.1. The average Bonchev–Trinajstić information content (AvgIpc) is 3.10. The number of esters is 2. The Bertz CT molecular complexity index is 1400. The molecule has 2 aliphatic rings. The molecule has 2 aliphatic heterocycles. The maximum Gasteiger partial charge on any atom is 0.339 e. The van der Waals surface area contributed by atoms with Crippen LogP contribution in [0, 0.1) is 5.92 Å². The predicted molar refractivity (Wildman–Crippen MR) is 170 cm³/mol. The zero-order chi connectivity index (χ0) is 37.5. The van der Waals surface area contributed by atoms with Crippen LogP contribution in [0.4, 0.5) is 0 Å². The molecule has 0 aliphatic carbocycles.